The highest BCUT2D eigenvalue weighted by molar-refractivity contribution is 5.98. The van der Waals surface area contributed by atoms with Gasteiger partial charge in [-0.05, 0) is 32.3 Å². The maximum Gasteiger partial charge on any atom is 0.342 e. The van der Waals surface area contributed by atoms with E-state index in [-0.39, 0.29) is 41.8 Å². The van der Waals surface area contributed by atoms with Crippen LogP contribution in [0.2, 0.25) is 0 Å². The van der Waals surface area contributed by atoms with Gasteiger partial charge in [0.05, 0.1) is 20.3 Å². The average molecular weight is 488 g/mol. The third-order valence-corrected chi connectivity index (χ3v) is 5.80. The largest absolute Gasteiger partial charge is 0.507 e. The summed E-state index contributed by atoms with van der Waals surface area (Å²) in [4.78, 5) is 26.2. The molecule has 186 valence electrons. The number of morpholine rings is 1. The highest BCUT2D eigenvalue weighted by Gasteiger charge is 2.31. The molecule has 0 unspecified atom stereocenters. The van der Waals surface area contributed by atoms with E-state index in [9.17, 15) is 14.7 Å². The summed E-state index contributed by atoms with van der Waals surface area (Å²) in [7, 11) is 1.54. The van der Waals surface area contributed by atoms with E-state index in [0.29, 0.717) is 42.7 Å². The van der Waals surface area contributed by atoms with Gasteiger partial charge in [0.15, 0.2) is 0 Å². The number of phenols is 1. The van der Waals surface area contributed by atoms with Crippen LogP contribution in [0.5, 0.6) is 11.5 Å². The van der Waals surface area contributed by atoms with Crippen molar-refractivity contribution < 1.29 is 39.1 Å². The smallest absolute Gasteiger partial charge is 0.342 e. The number of benzene rings is 1. The molecule has 2 aliphatic rings. The predicted octanol–water partition coefficient (Wildman–Crippen LogP) is 2.12. The molecule has 0 spiro atoms. The number of rotatable bonds is 9. The maximum absolute atomic E-state index is 12.0. The second-order valence-corrected chi connectivity index (χ2v) is 7.84. The number of esters is 2. The lowest BCUT2D eigenvalue weighted by molar-refractivity contribution is -0.144. The summed E-state index contributed by atoms with van der Waals surface area (Å²) in [5.74, 6) is -0.273. The minimum absolute atomic E-state index is 0. The lowest BCUT2D eigenvalue weighted by atomic mass is 9.94. The molecule has 33 heavy (non-hydrogen) atoms. The molecule has 0 aromatic heterocycles. The summed E-state index contributed by atoms with van der Waals surface area (Å²) in [6.07, 6.45) is 3.18. The number of fused-ring (bicyclic) bond motifs is 1. The minimum atomic E-state index is -0.514. The molecule has 0 amide bonds. The highest BCUT2D eigenvalue weighted by atomic mass is 35.5. The first-order valence-corrected chi connectivity index (χ1v) is 10.6. The van der Waals surface area contributed by atoms with Crippen molar-refractivity contribution in [2.24, 2.45) is 0 Å². The van der Waals surface area contributed by atoms with Crippen molar-refractivity contribution >= 4 is 24.3 Å². The van der Waals surface area contributed by atoms with Gasteiger partial charge < -0.3 is 29.5 Å². The van der Waals surface area contributed by atoms with E-state index in [4.69, 9.17) is 18.9 Å². The van der Waals surface area contributed by atoms with E-state index < -0.39 is 5.97 Å². The molecule has 9 nitrogen and oxygen atoms in total. The highest BCUT2D eigenvalue weighted by Crippen LogP contribution is 2.42. The third kappa shape index (κ3) is 7.07. The zero-order valence-electron chi connectivity index (χ0n) is 19.4. The van der Waals surface area contributed by atoms with Gasteiger partial charge in [-0.25, -0.2) is 4.79 Å². The lowest BCUT2D eigenvalue weighted by Gasteiger charge is -2.26. The quantitative estimate of drug-likeness (QED) is 0.414. The molecule has 0 aliphatic carbocycles. The number of allylic oxidation sites excluding steroid dienone is 2. The van der Waals surface area contributed by atoms with Crippen molar-refractivity contribution in [3.8, 4) is 11.5 Å². The number of cyclic esters (lactones) is 1. The van der Waals surface area contributed by atoms with Crippen LogP contribution >= 0.6 is 12.4 Å². The van der Waals surface area contributed by atoms with E-state index >= 15 is 0 Å². The first-order valence-electron chi connectivity index (χ1n) is 10.6. The Bertz CT molecular complexity index is 865. The molecule has 0 bridgehead atoms. The number of phenolic OH excluding ortho intramolecular Hbond substituents is 1. The molecule has 0 saturated carbocycles. The van der Waals surface area contributed by atoms with Gasteiger partial charge in [-0.3, -0.25) is 9.69 Å². The molecule has 1 saturated heterocycles. The van der Waals surface area contributed by atoms with Crippen LogP contribution in [0.15, 0.2) is 11.6 Å². The molecular formula is C23H34ClNO8. The first-order chi connectivity index (χ1) is 14.9. The van der Waals surface area contributed by atoms with Gasteiger partial charge in [-0.2, -0.15) is 0 Å². The number of carbonyl (C=O) groups excluding carboxylic acids is 2. The predicted molar refractivity (Wildman–Crippen MR) is 124 cm³/mol. The molecule has 1 aromatic carbocycles. The molecule has 3 rings (SSSR count). The van der Waals surface area contributed by atoms with Crippen LogP contribution in [0.3, 0.4) is 0 Å². The second kappa shape index (κ2) is 13.4. The van der Waals surface area contributed by atoms with Crippen LogP contribution in [0.25, 0.3) is 0 Å². The average Bonchev–Trinajstić information content (AvgIpc) is 3.16. The third-order valence-electron chi connectivity index (χ3n) is 5.80. The van der Waals surface area contributed by atoms with Gasteiger partial charge in [0, 0.05) is 37.2 Å². The van der Waals surface area contributed by atoms with Crippen LogP contribution < -0.4 is 4.74 Å². The Balaban J connectivity index is 0.00000272. The summed E-state index contributed by atoms with van der Waals surface area (Å²) in [5.41, 5.74) is 3.23. The maximum atomic E-state index is 12.0. The summed E-state index contributed by atoms with van der Waals surface area (Å²) in [5, 5.41) is 10.7. The van der Waals surface area contributed by atoms with Crippen molar-refractivity contribution in [2.45, 2.75) is 39.7 Å². The number of methoxy groups -OCH3 is 1. The topological polar surface area (TPSA) is 126 Å². The number of ether oxygens (including phenoxy) is 4. The fourth-order valence-electron chi connectivity index (χ4n) is 3.89. The summed E-state index contributed by atoms with van der Waals surface area (Å²) in [6, 6.07) is 0. The Morgan fingerprint density at radius 1 is 1.24 bits per heavy atom. The zero-order valence-corrected chi connectivity index (χ0v) is 20.2. The molecular weight excluding hydrogens is 454 g/mol. The minimum Gasteiger partial charge on any atom is -0.507 e. The molecule has 1 fully saturated rings. The standard InChI is InChI=1S/C23H31NO7.ClH.H2O/c1-15(5-7-19(25)30-13-10-24-8-11-29-12-9-24)4-6-17-21(26)20-18(14-31-23(20)27)16(2)22(17)28-3;;/h4,26H,5-14H2,1-3H3;1H;1H2. The van der Waals surface area contributed by atoms with Gasteiger partial charge >= 0.3 is 11.9 Å². The van der Waals surface area contributed by atoms with Crippen LogP contribution in [0.1, 0.15) is 46.8 Å². The van der Waals surface area contributed by atoms with E-state index in [0.717, 1.165) is 44.0 Å². The van der Waals surface area contributed by atoms with Crippen molar-refractivity contribution in [3.05, 3.63) is 33.9 Å². The summed E-state index contributed by atoms with van der Waals surface area (Å²) in [6.45, 7) is 8.23. The van der Waals surface area contributed by atoms with E-state index in [1.807, 2.05) is 19.9 Å². The number of halogens is 1. The summed E-state index contributed by atoms with van der Waals surface area (Å²) >= 11 is 0. The van der Waals surface area contributed by atoms with Gasteiger partial charge in [-0.1, -0.05) is 11.6 Å². The van der Waals surface area contributed by atoms with Crippen LogP contribution in [0.4, 0.5) is 0 Å². The van der Waals surface area contributed by atoms with Gasteiger partial charge in [0.25, 0.3) is 0 Å². The molecule has 3 N–H and O–H groups in total. The van der Waals surface area contributed by atoms with Crippen LogP contribution in [-0.4, -0.2) is 74.0 Å². The SMILES string of the molecule is COc1c(C)c2c(c(O)c1CC=C(C)CCC(=O)OCCN1CCOCC1)C(=O)OC2.Cl.O. The zero-order chi connectivity index (χ0) is 22.4. The van der Waals surface area contributed by atoms with Gasteiger partial charge in [-0.15, -0.1) is 12.4 Å². The molecule has 1 aromatic rings. The first kappa shape index (κ1) is 28.7. The van der Waals surface area contributed by atoms with Crippen molar-refractivity contribution in [1.29, 1.82) is 0 Å². The van der Waals surface area contributed by atoms with E-state index in [1.165, 1.54) is 0 Å². The Labute approximate surface area is 200 Å². The summed E-state index contributed by atoms with van der Waals surface area (Å²) < 4.78 is 21.2. The Morgan fingerprint density at radius 3 is 2.61 bits per heavy atom. The van der Waals surface area contributed by atoms with Crippen molar-refractivity contribution in [2.75, 3.05) is 46.6 Å². The monoisotopic (exact) mass is 487 g/mol. The van der Waals surface area contributed by atoms with Crippen LogP contribution in [0, 0.1) is 6.92 Å². The molecule has 10 heteroatoms. The number of hydrogen-bond acceptors (Lipinski definition) is 8. The van der Waals surface area contributed by atoms with Crippen LogP contribution in [-0.2, 0) is 32.0 Å². The van der Waals surface area contributed by atoms with Crippen molar-refractivity contribution in [1.82, 2.24) is 4.90 Å². The number of aromatic hydroxyl groups is 1. The molecule has 2 heterocycles. The number of hydrogen-bond donors (Lipinski definition) is 1. The Morgan fingerprint density at radius 2 is 1.94 bits per heavy atom. The van der Waals surface area contributed by atoms with Crippen molar-refractivity contribution in [3.63, 3.8) is 0 Å². The number of carbonyl (C=O) groups is 2. The molecule has 0 radical (unpaired) electrons. The fraction of sp³-hybridized carbons (Fsp3) is 0.565. The molecule has 2 aliphatic heterocycles. The fourth-order valence-corrected chi connectivity index (χ4v) is 3.89. The van der Waals surface area contributed by atoms with E-state index in [2.05, 4.69) is 4.90 Å². The second-order valence-electron chi connectivity index (χ2n) is 7.84. The molecule has 0 atom stereocenters. The van der Waals surface area contributed by atoms with E-state index in [1.54, 1.807) is 7.11 Å². The van der Waals surface area contributed by atoms with Gasteiger partial charge in [0.2, 0.25) is 0 Å². The Kier molecular flexibility index (Phi) is 11.7. The normalized spacial score (nSPS) is 15.7. The lowest BCUT2D eigenvalue weighted by Crippen LogP contribution is -2.38. The Hall–Kier alpha value is -2.33. The number of nitrogens with zero attached hydrogens (tertiary/aromatic N) is 1. The van der Waals surface area contributed by atoms with Gasteiger partial charge in [0.1, 0.15) is 30.3 Å².